The van der Waals surface area contributed by atoms with Crippen LogP contribution in [0.5, 0.6) is 11.5 Å². The van der Waals surface area contributed by atoms with E-state index in [0.29, 0.717) is 17.2 Å². The normalized spacial score (nSPS) is 12.4. The van der Waals surface area contributed by atoms with Crippen molar-refractivity contribution in [2.24, 2.45) is 0 Å². The zero-order chi connectivity index (χ0) is 12.4. The Kier molecular flexibility index (Phi) is 2.81. The Morgan fingerprint density at radius 1 is 1.39 bits per heavy atom. The maximum atomic E-state index is 11.7. The first-order valence-corrected chi connectivity index (χ1v) is 6.04. The number of fused-ring (bicyclic) bond motifs is 1. The molecule has 1 aromatic heterocycles. The summed E-state index contributed by atoms with van der Waals surface area (Å²) in [4.78, 5) is 12.2. The molecule has 0 bridgehead atoms. The highest BCUT2D eigenvalue weighted by Gasteiger charge is 2.14. The van der Waals surface area contributed by atoms with Crippen molar-refractivity contribution in [3.05, 3.63) is 34.8 Å². The molecule has 1 aromatic carbocycles. The minimum atomic E-state index is -0.178. The molecule has 0 fully saturated rings. The topological polar surface area (TPSA) is 73.3 Å². The lowest BCUT2D eigenvalue weighted by molar-refractivity contribution is 0.0954. The molecule has 0 saturated heterocycles. The highest BCUT2D eigenvalue weighted by molar-refractivity contribution is 7.07. The SMILES string of the molecule is O=C(NCc1ccc2c(c1)OCO2)c1cnns1. The van der Waals surface area contributed by atoms with Gasteiger partial charge in [0.05, 0.1) is 6.20 Å². The minimum absolute atomic E-state index is 0.178. The van der Waals surface area contributed by atoms with Gasteiger partial charge in [-0.3, -0.25) is 4.79 Å². The molecule has 0 atom stereocenters. The summed E-state index contributed by atoms with van der Waals surface area (Å²) >= 11 is 1.07. The molecular weight excluding hydrogens is 254 g/mol. The van der Waals surface area contributed by atoms with E-state index in [1.54, 1.807) is 0 Å². The van der Waals surface area contributed by atoms with Gasteiger partial charge in [-0.1, -0.05) is 10.6 Å². The maximum absolute atomic E-state index is 11.7. The summed E-state index contributed by atoms with van der Waals surface area (Å²) in [6.07, 6.45) is 1.44. The number of carbonyl (C=O) groups excluding carboxylic acids is 1. The fourth-order valence-corrected chi connectivity index (χ4v) is 2.02. The molecule has 1 aliphatic rings. The van der Waals surface area contributed by atoms with E-state index in [1.165, 1.54) is 6.20 Å². The predicted octanol–water partition coefficient (Wildman–Crippen LogP) is 1.20. The predicted molar refractivity (Wildman–Crippen MR) is 63.6 cm³/mol. The van der Waals surface area contributed by atoms with Crippen molar-refractivity contribution in [2.45, 2.75) is 6.54 Å². The summed E-state index contributed by atoms with van der Waals surface area (Å²) in [5, 5.41) is 6.40. The molecule has 6 nitrogen and oxygen atoms in total. The van der Waals surface area contributed by atoms with Gasteiger partial charge in [0.1, 0.15) is 4.88 Å². The minimum Gasteiger partial charge on any atom is -0.454 e. The third-order valence-corrected chi connectivity index (χ3v) is 3.14. The van der Waals surface area contributed by atoms with Crippen molar-refractivity contribution in [3.8, 4) is 11.5 Å². The standard InChI is InChI=1S/C11H9N3O3S/c15-11(10-5-13-14-18-10)12-4-7-1-2-8-9(3-7)17-6-16-8/h1-3,5H,4,6H2,(H,12,15). The molecule has 1 aliphatic heterocycles. The first-order valence-electron chi connectivity index (χ1n) is 5.27. The molecular formula is C11H9N3O3S. The second kappa shape index (κ2) is 4.61. The molecule has 3 rings (SSSR count). The van der Waals surface area contributed by atoms with Gasteiger partial charge < -0.3 is 14.8 Å². The Morgan fingerprint density at radius 2 is 2.28 bits per heavy atom. The fourth-order valence-electron chi connectivity index (χ4n) is 1.59. The van der Waals surface area contributed by atoms with Gasteiger partial charge in [-0.2, -0.15) is 0 Å². The van der Waals surface area contributed by atoms with Crippen LogP contribution in [0.15, 0.2) is 24.4 Å². The molecule has 0 radical (unpaired) electrons. The largest absolute Gasteiger partial charge is 0.454 e. The smallest absolute Gasteiger partial charge is 0.264 e. The highest BCUT2D eigenvalue weighted by atomic mass is 32.1. The van der Waals surface area contributed by atoms with Crippen LogP contribution in [0.4, 0.5) is 0 Å². The van der Waals surface area contributed by atoms with Crippen molar-refractivity contribution >= 4 is 17.4 Å². The van der Waals surface area contributed by atoms with E-state index in [2.05, 4.69) is 14.9 Å². The second-order valence-electron chi connectivity index (χ2n) is 3.65. The summed E-state index contributed by atoms with van der Waals surface area (Å²) < 4.78 is 14.1. The lowest BCUT2D eigenvalue weighted by Gasteiger charge is -2.04. The van der Waals surface area contributed by atoms with Crippen LogP contribution in [-0.2, 0) is 6.54 Å². The van der Waals surface area contributed by atoms with Crippen LogP contribution in [0, 0.1) is 0 Å². The number of hydrogen-bond acceptors (Lipinski definition) is 6. The van der Waals surface area contributed by atoms with Gasteiger partial charge in [0.15, 0.2) is 11.5 Å². The van der Waals surface area contributed by atoms with Crippen LogP contribution in [0.3, 0.4) is 0 Å². The van der Waals surface area contributed by atoms with Gasteiger partial charge in [0.25, 0.3) is 5.91 Å². The van der Waals surface area contributed by atoms with Gasteiger partial charge >= 0.3 is 0 Å². The molecule has 1 N–H and O–H groups in total. The van der Waals surface area contributed by atoms with E-state index >= 15 is 0 Å². The van der Waals surface area contributed by atoms with Crippen LogP contribution in [0.2, 0.25) is 0 Å². The Labute approximate surface area is 107 Å². The summed E-state index contributed by atoms with van der Waals surface area (Å²) in [6.45, 7) is 0.672. The van der Waals surface area contributed by atoms with E-state index in [1.807, 2.05) is 18.2 Å². The highest BCUT2D eigenvalue weighted by Crippen LogP contribution is 2.32. The molecule has 0 aliphatic carbocycles. The Hall–Kier alpha value is -2.15. The lowest BCUT2D eigenvalue weighted by atomic mass is 10.2. The Bertz CT molecular complexity index is 571. The number of nitrogens with zero attached hydrogens (tertiary/aromatic N) is 2. The van der Waals surface area contributed by atoms with Gasteiger partial charge in [-0.05, 0) is 29.2 Å². The van der Waals surface area contributed by atoms with Crippen LogP contribution >= 0.6 is 11.5 Å². The molecule has 2 heterocycles. The average Bonchev–Trinajstić information content (AvgIpc) is 3.05. The number of amides is 1. The number of ether oxygens (including phenoxy) is 2. The Balaban J connectivity index is 1.65. The number of aromatic nitrogens is 2. The van der Waals surface area contributed by atoms with E-state index in [0.717, 1.165) is 22.8 Å². The lowest BCUT2D eigenvalue weighted by Crippen LogP contribution is -2.21. The first-order chi connectivity index (χ1) is 8.83. The van der Waals surface area contributed by atoms with Crippen LogP contribution < -0.4 is 14.8 Å². The zero-order valence-corrected chi connectivity index (χ0v) is 10.1. The number of hydrogen-bond donors (Lipinski definition) is 1. The first kappa shape index (κ1) is 11.0. The third-order valence-electron chi connectivity index (χ3n) is 2.48. The molecule has 2 aromatic rings. The summed E-state index contributed by atoms with van der Waals surface area (Å²) in [5.41, 5.74) is 0.949. The molecule has 7 heteroatoms. The van der Waals surface area contributed by atoms with Gasteiger partial charge in [0.2, 0.25) is 6.79 Å². The van der Waals surface area contributed by atoms with Gasteiger partial charge in [-0.15, -0.1) is 5.10 Å². The summed E-state index contributed by atoms with van der Waals surface area (Å²) in [6, 6.07) is 5.57. The van der Waals surface area contributed by atoms with Crippen molar-refractivity contribution in [3.63, 3.8) is 0 Å². The van der Waals surface area contributed by atoms with Crippen molar-refractivity contribution < 1.29 is 14.3 Å². The monoisotopic (exact) mass is 263 g/mol. The number of rotatable bonds is 3. The molecule has 0 unspecified atom stereocenters. The molecule has 18 heavy (non-hydrogen) atoms. The van der Waals surface area contributed by atoms with Crippen molar-refractivity contribution in [1.82, 2.24) is 14.9 Å². The quantitative estimate of drug-likeness (QED) is 0.900. The zero-order valence-electron chi connectivity index (χ0n) is 9.25. The van der Waals surface area contributed by atoms with Crippen molar-refractivity contribution in [1.29, 1.82) is 0 Å². The average molecular weight is 263 g/mol. The van der Waals surface area contributed by atoms with E-state index in [-0.39, 0.29) is 12.7 Å². The van der Waals surface area contributed by atoms with Gasteiger partial charge in [0, 0.05) is 6.54 Å². The summed E-state index contributed by atoms with van der Waals surface area (Å²) in [7, 11) is 0. The van der Waals surface area contributed by atoms with Crippen LogP contribution in [0.25, 0.3) is 0 Å². The maximum Gasteiger partial charge on any atom is 0.264 e. The fraction of sp³-hybridized carbons (Fsp3) is 0.182. The van der Waals surface area contributed by atoms with Crippen molar-refractivity contribution in [2.75, 3.05) is 6.79 Å². The van der Waals surface area contributed by atoms with E-state index in [9.17, 15) is 4.79 Å². The molecule has 0 saturated carbocycles. The van der Waals surface area contributed by atoms with E-state index < -0.39 is 0 Å². The van der Waals surface area contributed by atoms with Crippen LogP contribution in [0.1, 0.15) is 15.2 Å². The van der Waals surface area contributed by atoms with Crippen LogP contribution in [-0.4, -0.2) is 22.3 Å². The molecule has 0 spiro atoms. The summed E-state index contributed by atoms with van der Waals surface area (Å²) in [5.74, 6) is 1.26. The number of benzene rings is 1. The molecule has 92 valence electrons. The van der Waals surface area contributed by atoms with Gasteiger partial charge in [-0.25, -0.2) is 0 Å². The third kappa shape index (κ3) is 2.12. The second-order valence-corrected chi connectivity index (χ2v) is 4.44. The number of nitrogens with one attached hydrogen (secondary N) is 1. The molecule has 1 amide bonds. The number of carbonyl (C=O) groups is 1. The Morgan fingerprint density at radius 3 is 3.11 bits per heavy atom. The van der Waals surface area contributed by atoms with E-state index in [4.69, 9.17) is 9.47 Å².